The summed E-state index contributed by atoms with van der Waals surface area (Å²) in [5.41, 5.74) is 7.10. The van der Waals surface area contributed by atoms with E-state index in [9.17, 15) is 0 Å². The average molecular weight is 492 g/mol. The van der Waals surface area contributed by atoms with Crippen molar-refractivity contribution in [2.75, 3.05) is 0 Å². The fourth-order valence-corrected chi connectivity index (χ4v) is 5.82. The number of hydrogen-bond donors (Lipinski definition) is 0. The minimum Gasteiger partial charge on any atom is -0.264 e. The summed E-state index contributed by atoms with van der Waals surface area (Å²) in [4.78, 5) is 14.4. The molecule has 0 fully saturated rings. The summed E-state index contributed by atoms with van der Waals surface area (Å²) >= 11 is 1.83. The van der Waals surface area contributed by atoms with Crippen LogP contribution in [0.25, 0.3) is 65.2 Å². The van der Waals surface area contributed by atoms with Crippen LogP contribution < -0.4 is 0 Å². The Hall–Kier alpha value is -4.67. The number of hydrogen-bond acceptors (Lipinski definition) is 4. The molecule has 0 aliphatic rings. The highest BCUT2D eigenvalue weighted by Gasteiger charge is 2.13. The van der Waals surface area contributed by atoms with Crippen LogP contribution in [0.5, 0.6) is 0 Å². The molecular weight excluding hydrogens is 470 g/mol. The quantitative estimate of drug-likeness (QED) is 0.247. The summed E-state index contributed by atoms with van der Waals surface area (Å²) in [6.07, 6.45) is 3.67. The van der Waals surface area contributed by atoms with E-state index in [0.717, 1.165) is 39.2 Å². The van der Waals surface area contributed by atoms with Crippen molar-refractivity contribution in [1.82, 2.24) is 15.0 Å². The van der Waals surface area contributed by atoms with Gasteiger partial charge in [-0.15, -0.1) is 11.3 Å². The highest BCUT2D eigenvalue weighted by Crippen LogP contribution is 2.37. The molecule has 0 spiro atoms. The molecular formula is C33H21N3S. The number of thiophene rings is 1. The molecule has 0 unspecified atom stereocenters. The molecule has 3 aromatic heterocycles. The van der Waals surface area contributed by atoms with Crippen molar-refractivity contribution in [3.8, 4) is 45.0 Å². The molecule has 4 heteroatoms. The van der Waals surface area contributed by atoms with Crippen molar-refractivity contribution < 1.29 is 0 Å². The Kier molecular flexibility index (Phi) is 5.30. The first-order chi connectivity index (χ1) is 18.3. The Labute approximate surface area is 218 Å². The van der Waals surface area contributed by atoms with Gasteiger partial charge in [0.25, 0.3) is 0 Å². The zero-order valence-corrected chi connectivity index (χ0v) is 20.7. The normalized spacial score (nSPS) is 11.2. The highest BCUT2D eigenvalue weighted by molar-refractivity contribution is 7.25. The van der Waals surface area contributed by atoms with Crippen LogP contribution in [-0.4, -0.2) is 15.0 Å². The molecule has 0 saturated heterocycles. The average Bonchev–Trinajstić information content (AvgIpc) is 3.36. The Morgan fingerprint density at radius 3 is 2.05 bits per heavy atom. The van der Waals surface area contributed by atoms with Crippen molar-refractivity contribution in [1.29, 1.82) is 0 Å². The van der Waals surface area contributed by atoms with Gasteiger partial charge in [0.1, 0.15) is 0 Å². The van der Waals surface area contributed by atoms with Crippen LogP contribution in [0.15, 0.2) is 128 Å². The van der Waals surface area contributed by atoms with E-state index in [-0.39, 0.29) is 0 Å². The summed E-state index contributed by atoms with van der Waals surface area (Å²) in [6, 6.07) is 40.0. The Balaban J connectivity index is 1.41. The number of nitrogens with zero attached hydrogens (tertiary/aromatic N) is 3. The van der Waals surface area contributed by atoms with Crippen LogP contribution in [0.4, 0.5) is 0 Å². The van der Waals surface area contributed by atoms with E-state index in [4.69, 9.17) is 9.97 Å². The smallest absolute Gasteiger partial charge is 0.160 e. The van der Waals surface area contributed by atoms with Crippen LogP contribution in [0.1, 0.15) is 0 Å². The van der Waals surface area contributed by atoms with Gasteiger partial charge in [-0.3, -0.25) is 4.98 Å². The molecule has 4 aromatic carbocycles. The molecule has 37 heavy (non-hydrogen) atoms. The number of aromatic nitrogens is 3. The van der Waals surface area contributed by atoms with E-state index in [1.54, 1.807) is 6.20 Å². The van der Waals surface area contributed by atoms with Gasteiger partial charge in [0, 0.05) is 54.8 Å². The van der Waals surface area contributed by atoms with E-state index < -0.39 is 0 Å². The monoisotopic (exact) mass is 491 g/mol. The van der Waals surface area contributed by atoms with Crippen molar-refractivity contribution in [3.63, 3.8) is 0 Å². The first-order valence-electron chi connectivity index (χ1n) is 12.2. The van der Waals surface area contributed by atoms with E-state index >= 15 is 0 Å². The van der Waals surface area contributed by atoms with E-state index in [1.807, 2.05) is 41.8 Å². The maximum Gasteiger partial charge on any atom is 0.160 e. The lowest BCUT2D eigenvalue weighted by atomic mass is 10.0. The summed E-state index contributed by atoms with van der Waals surface area (Å²) in [5, 5.41) is 2.55. The fraction of sp³-hybridized carbons (Fsp3) is 0. The summed E-state index contributed by atoms with van der Waals surface area (Å²) in [5.74, 6) is 0.706. The lowest BCUT2D eigenvalue weighted by Crippen LogP contribution is -1.96. The molecule has 3 heterocycles. The second-order valence-corrected chi connectivity index (χ2v) is 10.0. The topological polar surface area (TPSA) is 38.7 Å². The lowest BCUT2D eigenvalue weighted by molar-refractivity contribution is 1.18. The second kappa shape index (κ2) is 9.08. The zero-order chi connectivity index (χ0) is 24.6. The third-order valence-corrected chi connectivity index (χ3v) is 7.74. The van der Waals surface area contributed by atoms with Crippen molar-refractivity contribution in [3.05, 3.63) is 128 Å². The highest BCUT2D eigenvalue weighted by atomic mass is 32.1. The first-order valence-corrected chi connectivity index (χ1v) is 13.0. The molecule has 7 aromatic rings. The zero-order valence-electron chi connectivity index (χ0n) is 19.9. The molecule has 0 bridgehead atoms. The maximum absolute atomic E-state index is 5.08. The van der Waals surface area contributed by atoms with Crippen molar-refractivity contribution in [2.24, 2.45) is 0 Å². The molecule has 7 rings (SSSR count). The third-order valence-electron chi connectivity index (χ3n) is 6.58. The Morgan fingerprint density at radius 1 is 0.459 bits per heavy atom. The van der Waals surface area contributed by atoms with Crippen molar-refractivity contribution in [2.45, 2.75) is 0 Å². The molecule has 0 amide bonds. The van der Waals surface area contributed by atoms with Crippen molar-refractivity contribution >= 4 is 31.5 Å². The van der Waals surface area contributed by atoms with E-state index in [2.05, 4.69) is 96.0 Å². The van der Waals surface area contributed by atoms with E-state index in [0.29, 0.717) is 5.82 Å². The molecule has 0 saturated carbocycles. The molecule has 174 valence electrons. The summed E-state index contributed by atoms with van der Waals surface area (Å²) in [6.45, 7) is 0. The van der Waals surface area contributed by atoms with Gasteiger partial charge in [0.05, 0.1) is 11.4 Å². The van der Waals surface area contributed by atoms with Crippen LogP contribution >= 0.6 is 11.3 Å². The molecule has 0 aliphatic heterocycles. The first kappa shape index (κ1) is 21.6. The SMILES string of the molecule is c1ccc(-c2cc(-c3ccc4sc5ccccc5c4c3)nc(-c3cccc(-c4cccnc4)c3)n2)cc1. The Bertz CT molecular complexity index is 1880. The predicted octanol–water partition coefficient (Wildman–Crippen LogP) is 8.91. The van der Waals surface area contributed by atoms with Gasteiger partial charge in [-0.25, -0.2) is 9.97 Å². The summed E-state index contributed by atoms with van der Waals surface area (Å²) < 4.78 is 2.59. The van der Waals surface area contributed by atoms with Gasteiger partial charge < -0.3 is 0 Å². The minimum absolute atomic E-state index is 0.706. The number of rotatable bonds is 4. The standard InChI is InChI=1S/C33H21N3S/c1-2-8-22(9-3-1)29-20-30(24-15-16-32-28(19-24)27-13-4-5-14-31(27)37-32)36-33(35-29)25-11-6-10-23(18-25)26-12-7-17-34-21-26/h1-21H. The number of pyridine rings is 1. The predicted molar refractivity (Wildman–Crippen MR) is 154 cm³/mol. The lowest BCUT2D eigenvalue weighted by Gasteiger charge is -2.10. The van der Waals surface area contributed by atoms with Gasteiger partial charge >= 0.3 is 0 Å². The maximum atomic E-state index is 5.08. The fourth-order valence-electron chi connectivity index (χ4n) is 4.74. The van der Waals surface area contributed by atoms with Gasteiger partial charge in [-0.1, -0.05) is 78.9 Å². The van der Waals surface area contributed by atoms with Gasteiger partial charge in [0.2, 0.25) is 0 Å². The summed E-state index contributed by atoms with van der Waals surface area (Å²) in [7, 11) is 0. The van der Waals surface area contributed by atoms with Crippen LogP contribution in [0.2, 0.25) is 0 Å². The Morgan fingerprint density at radius 2 is 1.19 bits per heavy atom. The molecule has 0 N–H and O–H groups in total. The third kappa shape index (κ3) is 4.07. The van der Waals surface area contributed by atoms with E-state index in [1.165, 1.54) is 20.2 Å². The van der Waals surface area contributed by atoms with Gasteiger partial charge in [0.15, 0.2) is 5.82 Å². The largest absolute Gasteiger partial charge is 0.264 e. The minimum atomic E-state index is 0.706. The molecule has 3 nitrogen and oxygen atoms in total. The molecule has 0 radical (unpaired) electrons. The second-order valence-electron chi connectivity index (χ2n) is 8.96. The van der Waals surface area contributed by atoms with Crippen LogP contribution in [0.3, 0.4) is 0 Å². The number of benzene rings is 4. The van der Waals surface area contributed by atoms with Gasteiger partial charge in [-0.2, -0.15) is 0 Å². The number of fused-ring (bicyclic) bond motifs is 3. The molecule has 0 atom stereocenters. The molecule has 0 aliphatic carbocycles. The van der Waals surface area contributed by atoms with Gasteiger partial charge in [-0.05, 0) is 42.0 Å². The van der Waals surface area contributed by atoms with Crippen LogP contribution in [-0.2, 0) is 0 Å². The van der Waals surface area contributed by atoms with Crippen LogP contribution in [0, 0.1) is 0 Å².